The van der Waals surface area contributed by atoms with Crippen molar-refractivity contribution in [1.29, 1.82) is 0 Å². The number of hydrogen-bond donors (Lipinski definition) is 1. The van der Waals surface area contributed by atoms with Crippen molar-refractivity contribution >= 4 is 28.9 Å². The summed E-state index contributed by atoms with van der Waals surface area (Å²) in [6.07, 6.45) is 0.719. The van der Waals surface area contributed by atoms with Gasteiger partial charge in [0, 0.05) is 17.0 Å². The van der Waals surface area contributed by atoms with E-state index in [0.29, 0.717) is 28.1 Å². The number of ether oxygens (including phenoxy) is 1. The van der Waals surface area contributed by atoms with Crippen LogP contribution in [0.5, 0.6) is 5.75 Å². The molecule has 1 atom stereocenters. The number of hydrogen-bond acceptors (Lipinski definition) is 2. The number of nitrogens with one attached hydrogen (secondary N) is 1. The van der Waals surface area contributed by atoms with Crippen molar-refractivity contribution < 1.29 is 9.13 Å². The van der Waals surface area contributed by atoms with Crippen LogP contribution in [0.3, 0.4) is 0 Å². The number of anilines is 1. The second-order valence-corrected chi connectivity index (χ2v) is 5.97. The summed E-state index contributed by atoms with van der Waals surface area (Å²) in [6, 6.07) is 8.50. The summed E-state index contributed by atoms with van der Waals surface area (Å²) in [7, 11) is 0. The highest BCUT2D eigenvalue weighted by Gasteiger charge is 2.25. The van der Waals surface area contributed by atoms with Crippen LogP contribution in [-0.4, -0.2) is 6.61 Å². The van der Waals surface area contributed by atoms with E-state index in [1.165, 1.54) is 6.07 Å². The average Bonchev–Trinajstić information content (AvgIpc) is 2.42. The summed E-state index contributed by atoms with van der Waals surface area (Å²) in [6.45, 7) is 2.38. The lowest BCUT2D eigenvalue weighted by Gasteiger charge is -2.28. The first-order chi connectivity index (χ1) is 10.0. The minimum absolute atomic E-state index is 0.0813. The van der Waals surface area contributed by atoms with Crippen LogP contribution in [0.2, 0.25) is 10.0 Å². The number of fused-ring (bicyclic) bond motifs is 1. The second kappa shape index (κ2) is 5.74. The fraction of sp³-hybridized carbons (Fsp3) is 0.250. The summed E-state index contributed by atoms with van der Waals surface area (Å²) >= 11 is 12.2. The van der Waals surface area contributed by atoms with Crippen LogP contribution < -0.4 is 10.1 Å². The molecule has 0 amide bonds. The molecule has 0 radical (unpaired) electrons. The first-order valence-electron chi connectivity index (χ1n) is 6.69. The zero-order valence-electron chi connectivity index (χ0n) is 11.4. The molecule has 2 aromatic carbocycles. The highest BCUT2D eigenvalue weighted by atomic mass is 35.5. The largest absolute Gasteiger partial charge is 0.492 e. The van der Waals surface area contributed by atoms with Crippen molar-refractivity contribution in [1.82, 2.24) is 0 Å². The van der Waals surface area contributed by atoms with Crippen molar-refractivity contribution in [3.8, 4) is 5.75 Å². The van der Waals surface area contributed by atoms with Gasteiger partial charge in [-0.2, -0.15) is 0 Å². The molecular weight excluding hydrogens is 312 g/mol. The van der Waals surface area contributed by atoms with Crippen molar-refractivity contribution in [2.24, 2.45) is 0 Å². The summed E-state index contributed by atoms with van der Waals surface area (Å²) in [4.78, 5) is 0. The fourth-order valence-electron chi connectivity index (χ4n) is 2.50. The molecule has 0 aromatic heterocycles. The molecule has 0 bridgehead atoms. The van der Waals surface area contributed by atoms with Gasteiger partial charge in [-0.05, 0) is 36.8 Å². The van der Waals surface area contributed by atoms with Crippen molar-refractivity contribution in [3.05, 3.63) is 57.3 Å². The molecule has 1 unspecified atom stereocenters. The van der Waals surface area contributed by atoms with Crippen LogP contribution in [0.1, 0.15) is 23.6 Å². The molecule has 110 valence electrons. The molecular formula is C16H14Cl2FNO. The molecule has 0 fully saturated rings. The number of aryl methyl sites for hydroxylation is 1. The Morgan fingerprint density at radius 3 is 2.81 bits per heavy atom. The Hall–Kier alpha value is -1.45. The molecule has 5 heteroatoms. The smallest absolute Gasteiger partial charge is 0.146 e. The van der Waals surface area contributed by atoms with Crippen LogP contribution in [0.4, 0.5) is 10.1 Å². The normalized spacial score (nSPS) is 17.0. The van der Waals surface area contributed by atoms with E-state index in [-0.39, 0.29) is 11.9 Å². The molecule has 1 aliphatic rings. The Kier molecular flexibility index (Phi) is 3.96. The van der Waals surface area contributed by atoms with Gasteiger partial charge in [-0.1, -0.05) is 29.3 Å². The maximum absolute atomic E-state index is 14.0. The van der Waals surface area contributed by atoms with Gasteiger partial charge < -0.3 is 10.1 Å². The zero-order valence-corrected chi connectivity index (χ0v) is 12.9. The van der Waals surface area contributed by atoms with Gasteiger partial charge in [-0.15, -0.1) is 0 Å². The maximum atomic E-state index is 14.0. The topological polar surface area (TPSA) is 21.3 Å². The summed E-state index contributed by atoms with van der Waals surface area (Å²) < 4.78 is 19.6. The number of rotatable bonds is 2. The highest BCUT2D eigenvalue weighted by molar-refractivity contribution is 6.35. The van der Waals surface area contributed by atoms with E-state index in [1.54, 1.807) is 12.1 Å². The Bertz CT molecular complexity index is 690. The summed E-state index contributed by atoms with van der Waals surface area (Å²) in [5, 5.41) is 4.24. The lowest BCUT2D eigenvalue weighted by Crippen LogP contribution is -2.21. The zero-order chi connectivity index (χ0) is 15.0. The van der Waals surface area contributed by atoms with Crippen molar-refractivity contribution in [2.45, 2.75) is 19.4 Å². The van der Waals surface area contributed by atoms with Crippen LogP contribution in [-0.2, 0) is 0 Å². The van der Waals surface area contributed by atoms with Crippen LogP contribution in [0, 0.1) is 12.7 Å². The monoisotopic (exact) mass is 325 g/mol. The molecule has 2 aromatic rings. The average molecular weight is 326 g/mol. The van der Waals surface area contributed by atoms with Gasteiger partial charge in [0.1, 0.15) is 11.6 Å². The fourth-order valence-corrected chi connectivity index (χ4v) is 3.06. The standard InChI is InChI=1S/C16H14Cl2FNO/c1-9-2-3-15(13(19)6-9)20-14-4-5-21-16-11(14)7-10(17)8-12(16)18/h2-3,6-8,14,20H,4-5H2,1H3. The van der Waals surface area contributed by atoms with Gasteiger partial charge in [0.05, 0.1) is 23.4 Å². The van der Waals surface area contributed by atoms with Gasteiger partial charge in [-0.3, -0.25) is 0 Å². The van der Waals surface area contributed by atoms with E-state index in [9.17, 15) is 4.39 Å². The van der Waals surface area contributed by atoms with E-state index < -0.39 is 0 Å². The van der Waals surface area contributed by atoms with Gasteiger partial charge in [0.2, 0.25) is 0 Å². The Labute approximate surface area is 132 Å². The molecule has 0 saturated carbocycles. The highest BCUT2D eigenvalue weighted by Crippen LogP contribution is 2.41. The molecule has 0 spiro atoms. The van der Waals surface area contributed by atoms with E-state index in [4.69, 9.17) is 27.9 Å². The lowest BCUT2D eigenvalue weighted by atomic mass is 10.00. The molecule has 21 heavy (non-hydrogen) atoms. The molecule has 1 heterocycles. The first-order valence-corrected chi connectivity index (χ1v) is 7.44. The Morgan fingerprint density at radius 2 is 2.05 bits per heavy atom. The first kappa shape index (κ1) is 14.5. The quantitative estimate of drug-likeness (QED) is 0.800. The predicted octanol–water partition coefficient (Wildman–Crippen LogP) is 5.38. The summed E-state index contributed by atoms with van der Waals surface area (Å²) in [5.41, 5.74) is 2.21. The lowest BCUT2D eigenvalue weighted by molar-refractivity contribution is 0.274. The SMILES string of the molecule is Cc1ccc(NC2CCOc3c(Cl)cc(Cl)cc32)c(F)c1. The van der Waals surface area contributed by atoms with Gasteiger partial charge in [0.25, 0.3) is 0 Å². The predicted molar refractivity (Wildman–Crippen MR) is 84.1 cm³/mol. The Morgan fingerprint density at radius 1 is 1.24 bits per heavy atom. The second-order valence-electron chi connectivity index (χ2n) is 5.12. The van der Waals surface area contributed by atoms with E-state index >= 15 is 0 Å². The van der Waals surface area contributed by atoms with Crippen molar-refractivity contribution in [2.75, 3.05) is 11.9 Å². The third-order valence-electron chi connectivity index (χ3n) is 3.52. The van der Waals surface area contributed by atoms with Crippen LogP contribution in [0.25, 0.3) is 0 Å². The minimum atomic E-state index is -0.267. The van der Waals surface area contributed by atoms with Gasteiger partial charge in [-0.25, -0.2) is 4.39 Å². The Balaban J connectivity index is 1.95. The van der Waals surface area contributed by atoms with Gasteiger partial charge in [0.15, 0.2) is 0 Å². The summed E-state index contributed by atoms with van der Waals surface area (Å²) in [5.74, 6) is 0.355. The maximum Gasteiger partial charge on any atom is 0.146 e. The molecule has 1 N–H and O–H groups in total. The third kappa shape index (κ3) is 2.94. The number of halogens is 3. The van der Waals surface area contributed by atoms with E-state index in [2.05, 4.69) is 5.32 Å². The third-order valence-corrected chi connectivity index (χ3v) is 4.02. The molecule has 2 nitrogen and oxygen atoms in total. The van der Waals surface area contributed by atoms with E-state index in [1.807, 2.05) is 19.1 Å². The van der Waals surface area contributed by atoms with Crippen LogP contribution in [0.15, 0.2) is 30.3 Å². The van der Waals surface area contributed by atoms with E-state index in [0.717, 1.165) is 17.5 Å². The molecule has 0 saturated heterocycles. The minimum Gasteiger partial charge on any atom is -0.492 e. The molecule has 3 rings (SSSR count). The van der Waals surface area contributed by atoms with Crippen LogP contribution >= 0.6 is 23.2 Å². The number of benzene rings is 2. The van der Waals surface area contributed by atoms with Gasteiger partial charge >= 0.3 is 0 Å². The van der Waals surface area contributed by atoms with Crippen molar-refractivity contribution in [3.63, 3.8) is 0 Å². The molecule has 0 aliphatic carbocycles. The molecule has 1 aliphatic heterocycles.